The number of hydrogen-bond donors (Lipinski definition) is 0. The molecule has 0 N–H and O–H groups in total. The van der Waals surface area contributed by atoms with Crippen LogP contribution in [0.4, 0.5) is 20.1 Å². The molecule has 0 bridgehead atoms. The van der Waals surface area contributed by atoms with Crippen LogP contribution in [0.5, 0.6) is 0 Å². The lowest BCUT2D eigenvalue weighted by molar-refractivity contribution is 0.0205. The summed E-state index contributed by atoms with van der Waals surface area (Å²) in [5.74, 6) is 1.11. The first-order valence-corrected chi connectivity index (χ1v) is 14.1. The second-order valence-electron chi connectivity index (χ2n) is 10.9. The standard InChI is InChI=1S/C29H32FN7O2S/c1-6-23-26(35(5)27-33-25(34-40-27)22-9-8-21(30)15-20(22)16-31)37-17-19(7-10-24(37)32-23)18-11-13-36(14-12-18)28(38)39-29(2,3)4/h7-10,15,17-18H,6,11-14H2,1-5H3. The number of benzene rings is 1. The van der Waals surface area contributed by atoms with Crippen molar-refractivity contribution in [1.82, 2.24) is 23.6 Å². The van der Waals surface area contributed by atoms with Crippen LogP contribution in [0.2, 0.25) is 0 Å². The molecule has 0 spiro atoms. The third-order valence-corrected chi connectivity index (χ3v) is 7.79. The van der Waals surface area contributed by atoms with Crippen molar-refractivity contribution < 1.29 is 13.9 Å². The van der Waals surface area contributed by atoms with Crippen molar-refractivity contribution in [1.29, 1.82) is 5.26 Å². The molecule has 208 valence electrons. The Morgan fingerprint density at radius 2 is 1.98 bits per heavy atom. The number of piperidine rings is 1. The summed E-state index contributed by atoms with van der Waals surface area (Å²) in [6.07, 6.45) is 4.31. The number of pyridine rings is 1. The Morgan fingerprint density at radius 3 is 2.65 bits per heavy atom. The zero-order valence-corrected chi connectivity index (χ0v) is 24.1. The molecular weight excluding hydrogens is 529 g/mol. The maximum atomic E-state index is 13.7. The number of aromatic nitrogens is 4. The Bertz CT molecular complexity index is 1590. The van der Waals surface area contributed by atoms with Gasteiger partial charge in [-0.15, -0.1) is 0 Å². The first kappa shape index (κ1) is 27.5. The number of carbonyl (C=O) groups is 1. The van der Waals surface area contributed by atoms with Crippen molar-refractivity contribution in [3.05, 3.63) is 59.2 Å². The van der Waals surface area contributed by atoms with Gasteiger partial charge in [-0.25, -0.2) is 14.2 Å². The van der Waals surface area contributed by atoms with E-state index in [9.17, 15) is 14.4 Å². The van der Waals surface area contributed by atoms with Crippen LogP contribution < -0.4 is 4.90 Å². The molecule has 0 atom stereocenters. The van der Waals surface area contributed by atoms with Crippen molar-refractivity contribution in [2.24, 2.45) is 0 Å². The van der Waals surface area contributed by atoms with Crippen LogP contribution in [-0.2, 0) is 11.2 Å². The average Bonchev–Trinajstić information content (AvgIpc) is 3.56. The van der Waals surface area contributed by atoms with E-state index in [1.165, 1.54) is 35.3 Å². The van der Waals surface area contributed by atoms with E-state index in [2.05, 4.69) is 32.9 Å². The van der Waals surface area contributed by atoms with Crippen LogP contribution in [0.1, 0.15) is 63.3 Å². The number of aryl methyl sites for hydroxylation is 1. The van der Waals surface area contributed by atoms with Gasteiger partial charge in [0.2, 0.25) is 5.13 Å². The molecule has 9 nitrogen and oxygen atoms in total. The number of hydrogen-bond acceptors (Lipinski definition) is 8. The summed E-state index contributed by atoms with van der Waals surface area (Å²) >= 11 is 1.21. The molecule has 1 aromatic carbocycles. The molecule has 0 radical (unpaired) electrons. The Kier molecular flexibility index (Phi) is 7.47. The molecule has 3 aromatic heterocycles. The van der Waals surface area contributed by atoms with Gasteiger partial charge in [0, 0.05) is 43.4 Å². The van der Waals surface area contributed by atoms with E-state index in [0.29, 0.717) is 35.5 Å². The van der Waals surface area contributed by atoms with Gasteiger partial charge in [0.05, 0.1) is 17.3 Å². The highest BCUT2D eigenvalue weighted by Crippen LogP contribution is 2.35. The zero-order valence-electron chi connectivity index (χ0n) is 23.3. The van der Waals surface area contributed by atoms with Crippen LogP contribution in [-0.4, -0.2) is 55.5 Å². The minimum Gasteiger partial charge on any atom is -0.444 e. The molecule has 1 fully saturated rings. The highest BCUT2D eigenvalue weighted by atomic mass is 32.1. The number of nitrogens with zero attached hydrogens (tertiary/aromatic N) is 7. The minimum atomic E-state index is -0.509. The number of carbonyl (C=O) groups excluding carboxylic acids is 1. The monoisotopic (exact) mass is 561 g/mol. The third kappa shape index (κ3) is 5.49. The number of nitriles is 1. The Hall–Kier alpha value is -4.04. The van der Waals surface area contributed by atoms with Crippen LogP contribution >= 0.6 is 11.5 Å². The molecule has 5 rings (SSSR count). The topological polar surface area (TPSA) is 99.7 Å². The molecular formula is C29H32FN7O2S. The molecule has 11 heteroatoms. The number of rotatable bonds is 5. The molecule has 0 aliphatic carbocycles. The quantitative estimate of drug-likeness (QED) is 0.282. The number of amides is 1. The largest absolute Gasteiger partial charge is 0.444 e. The van der Waals surface area contributed by atoms with Crippen molar-refractivity contribution in [3.8, 4) is 17.5 Å². The van der Waals surface area contributed by atoms with Crippen molar-refractivity contribution in [3.63, 3.8) is 0 Å². The molecule has 4 heterocycles. The molecule has 1 aliphatic rings. The SMILES string of the molecule is CCc1nc2ccc(C3CCN(C(=O)OC(C)(C)C)CC3)cn2c1N(C)c1nc(-c2ccc(F)cc2C#N)ns1. The number of fused-ring (bicyclic) bond motifs is 1. The first-order valence-electron chi connectivity index (χ1n) is 13.3. The van der Waals surface area contributed by atoms with Gasteiger partial charge in [-0.3, -0.25) is 4.40 Å². The highest BCUT2D eigenvalue weighted by Gasteiger charge is 2.28. The molecule has 40 heavy (non-hydrogen) atoms. The van der Waals surface area contributed by atoms with Gasteiger partial charge >= 0.3 is 6.09 Å². The van der Waals surface area contributed by atoms with E-state index >= 15 is 0 Å². The second kappa shape index (κ2) is 10.8. The number of likely N-dealkylation sites (tertiary alicyclic amines) is 1. The molecule has 4 aromatic rings. The summed E-state index contributed by atoms with van der Waals surface area (Å²) in [6, 6.07) is 10.2. The molecule has 1 aliphatic heterocycles. The van der Waals surface area contributed by atoms with Crippen molar-refractivity contribution >= 4 is 34.2 Å². The molecule has 1 saturated heterocycles. The lowest BCUT2D eigenvalue weighted by Gasteiger charge is -2.33. The van der Waals surface area contributed by atoms with Gasteiger partial charge in [-0.2, -0.15) is 14.6 Å². The summed E-state index contributed by atoms with van der Waals surface area (Å²) < 4.78 is 25.8. The maximum Gasteiger partial charge on any atom is 0.410 e. The van der Waals surface area contributed by atoms with E-state index in [1.807, 2.05) is 44.9 Å². The number of imidazole rings is 1. The van der Waals surface area contributed by atoms with Gasteiger partial charge in [-0.05, 0) is 75.8 Å². The predicted molar refractivity (Wildman–Crippen MR) is 152 cm³/mol. The van der Waals surface area contributed by atoms with E-state index < -0.39 is 11.4 Å². The number of halogens is 1. The Morgan fingerprint density at radius 1 is 1.23 bits per heavy atom. The van der Waals surface area contributed by atoms with Crippen LogP contribution in [0.25, 0.3) is 17.0 Å². The van der Waals surface area contributed by atoms with E-state index in [1.54, 1.807) is 4.90 Å². The number of ether oxygens (including phenoxy) is 1. The second-order valence-corrected chi connectivity index (χ2v) is 11.7. The highest BCUT2D eigenvalue weighted by molar-refractivity contribution is 7.10. The van der Waals surface area contributed by atoms with Gasteiger partial charge < -0.3 is 14.5 Å². The summed E-state index contributed by atoms with van der Waals surface area (Å²) in [7, 11) is 1.93. The fourth-order valence-electron chi connectivity index (χ4n) is 5.01. The summed E-state index contributed by atoms with van der Waals surface area (Å²) in [4.78, 5) is 25.8. The Labute approximate surface area is 237 Å². The third-order valence-electron chi connectivity index (χ3n) is 7.00. The summed E-state index contributed by atoms with van der Waals surface area (Å²) in [6.45, 7) is 9.01. The zero-order chi connectivity index (χ0) is 28.6. The maximum absolute atomic E-state index is 13.7. The molecule has 1 amide bonds. The minimum absolute atomic E-state index is 0.193. The van der Waals surface area contributed by atoms with Crippen molar-refractivity contribution in [2.45, 2.75) is 58.5 Å². The van der Waals surface area contributed by atoms with E-state index in [-0.39, 0.29) is 11.7 Å². The fraction of sp³-hybridized carbons (Fsp3) is 0.414. The van der Waals surface area contributed by atoms with Gasteiger partial charge in [0.25, 0.3) is 0 Å². The van der Waals surface area contributed by atoms with Crippen LogP contribution in [0, 0.1) is 17.1 Å². The van der Waals surface area contributed by atoms with E-state index in [0.717, 1.165) is 36.4 Å². The smallest absolute Gasteiger partial charge is 0.410 e. The lowest BCUT2D eigenvalue weighted by atomic mass is 9.90. The molecule has 0 unspecified atom stereocenters. The lowest BCUT2D eigenvalue weighted by Crippen LogP contribution is -2.41. The van der Waals surface area contributed by atoms with Crippen LogP contribution in [0.3, 0.4) is 0 Å². The number of anilines is 2. The van der Waals surface area contributed by atoms with E-state index in [4.69, 9.17) is 9.72 Å². The first-order chi connectivity index (χ1) is 19.1. The average molecular weight is 562 g/mol. The fourth-order valence-corrected chi connectivity index (χ4v) is 5.65. The van der Waals surface area contributed by atoms with Gasteiger partial charge in [0.15, 0.2) is 5.82 Å². The molecule has 0 saturated carbocycles. The van der Waals surface area contributed by atoms with Gasteiger partial charge in [0.1, 0.15) is 22.9 Å². The Balaban J connectivity index is 1.41. The summed E-state index contributed by atoms with van der Waals surface area (Å²) in [5.41, 5.74) is 3.13. The predicted octanol–water partition coefficient (Wildman–Crippen LogP) is 6.31. The normalized spacial score (nSPS) is 14.4. The van der Waals surface area contributed by atoms with Gasteiger partial charge in [-0.1, -0.05) is 13.0 Å². The summed E-state index contributed by atoms with van der Waals surface area (Å²) in [5, 5.41) is 10.1. The van der Waals surface area contributed by atoms with Crippen molar-refractivity contribution in [2.75, 3.05) is 25.0 Å². The van der Waals surface area contributed by atoms with Crippen LogP contribution in [0.15, 0.2) is 36.5 Å².